The van der Waals surface area contributed by atoms with Gasteiger partial charge in [0.2, 0.25) is 11.6 Å². The van der Waals surface area contributed by atoms with Crippen LogP contribution in [0.1, 0.15) is 43.0 Å². The number of nitrogens with zero attached hydrogens (tertiary/aromatic N) is 2. The van der Waals surface area contributed by atoms with Crippen molar-refractivity contribution in [1.29, 1.82) is 10.5 Å². The molecule has 0 spiro atoms. The van der Waals surface area contributed by atoms with E-state index < -0.39 is 63.0 Å². The predicted octanol–water partition coefficient (Wildman–Crippen LogP) is 10.4. The van der Waals surface area contributed by atoms with E-state index in [1.54, 1.807) is 72.8 Å². The van der Waals surface area contributed by atoms with Crippen molar-refractivity contribution in [1.82, 2.24) is 0 Å². The topological polar surface area (TPSA) is 98.8 Å². The number of ketones is 2. The third kappa shape index (κ3) is 12.6. The molecule has 0 N–H and O–H groups in total. The SMILES string of the molecule is FC(F)(F)c1ccc([B-](c2ccc(C(F)(F)F)cc2)(c2ccc(C(F)(F)F)cc2)c2ccc(C(F)(F)F)cc2)cc1.N#CC(C#N)=CC[S+](=O)(CC(=O)c1ccccc1)CC(=O)c1ccccc1. The van der Waals surface area contributed by atoms with Gasteiger partial charge in [-0.15, -0.1) is 4.21 Å². The highest BCUT2D eigenvalue weighted by Crippen LogP contribution is 2.32. The van der Waals surface area contributed by atoms with Crippen LogP contribution in [0.15, 0.2) is 169 Å². The lowest BCUT2D eigenvalue weighted by Gasteiger charge is -2.44. The van der Waals surface area contributed by atoms with E-state index in [2.05, 4.69) is 0 Å². The molecule has 0 amide bonds. The zero-order valence-electron chi connectivity index (χ0n) is 34.9. The minimum absolute atomic E-state index is 0.0114. The van der Waals surface area contributed by atoms with E-state index in [0.29, 0.717) is 59.7 Å². The molecule has 6 rings (SSSR count). The van der Waals surface area contributed by atoms with Crippen molar-refractivity contribution in [3.63, 3.8) is 0 Å². The summed E-state index contributed by atoms with van der Waals surface area (Å²) in [6.45, 7) is 0. The Hall–Kier alpha value is -7.25. The van der Waals surface area contributed by atoms with E-state index in [1.165, 1.54) is 6.08 Å². The van der Waals surface area contributed by atoms with Crippen LogP contribution in [0.4, 0.5) is 52.7 Å². The standard InChI is InChI=1S/C28H16BF12.C21H17N2O3S/c30-25(31,32)17-1-9-21(10-2-17)29(22-11-3-18(4-12-22)26(33,34)35,23-13-5-19(6-14-23)27(36,37)38)24-15-7-20(8-16-24)28(39,40)41;22-13-17(14-23)11-12-27(26,15-20(24)18-7-3-1-4-8-18)16-21(25)19-9-5-2-6-10-19/h1-16H;1-11H,12,15-16H2/q-1;+1. The monoisotopic (exact) mass is 968 g/mol. The Morgan fingerprint density at radius 1 is 0.441 bits per heavy atom. The molecule has 5 nitrogen and oxygen atoms in total. The van der Waals surface area contributed by atoms with Gasteiger partial charge in [0.1, 0.15) is 39.5 Å². The molecular formula is C49H33BF12N2O3S. The molecule has 0 aromatic heterocycles. The molecule has 0 radical (unpaired) electrons. The Kier molecular flexibility index (Phi) is 15.8. The molecule has 68 heavy (non-hydrogen) atoms. The van der Waals surface area contributed by atoms with E-state index in [4.69, 9.17) is 10.5 Å². The summed E-state index contributed by atoms with van der Waals surface area (Å²) in [5.41, 5.74) is -3.68. The molecule has 6 aromatic carbocycles. The number of hydrogen-bond acceptors (Lipinski definition) is 5. The number of allylic oxidation sites excluding steroid dienone is 1. The fourth-order valence-electron chi connectivity index (χ4n) is 7.41. The number of rotatable bonds is 12. The van der Waals surface area contributed by atoms with Gasteiger partial charge >= 0.3 is 24.7 Å². The average molecular weight is 969 g/mol. The van der Waals surface area contributed by atoms with Crippen molar-refractivity contribution in [3.05, 3.63) is 203 Å². The lowest BCUT2D eigenvalue weighted by Crippen LogP contribution is -2.74. The van der Waals surface area contributed by atoms with Gasteiger partial charge in [0.15, 0.2) is 11.5 Å². The second-order valence-corrected chi connectivity index (χ2v) is 18.0. The van der Waals surface area contributed by atoms with Crippen LogP contribution in [0, 0.1) is 22.7 Å². The zero-order chi connectivity index (χ0) is 50.1. The summed E-state index contributed by atoms with van der Waals surface area (Å²) in [4.78, 5) is 25.0. The van der Waals surface area contributed by atoms with E-state index in [9.17, 15) is 66.5 Å². The molecule has 19 heteroatoms. The molecule has 350 valence electrons. The van der Waals surface area contributed by atoms with Crippen LogP contribution in [-0.2, 0) is 38.8 Å². The zero-order valence-corrected chi connectivity index (χ0v) is 35.7. The van der Waals surface area contributed by atoms with Gasteiger partial charge in [-0.05, 0) is 6.08 Å². The molecule has 0 aliphatic heterocycles. The molecule has 0 saturated carbocycles. The predicted molar refractivity (Wildman–Crippen MR) is 234 cm³/mol. The van der Waals surface area contributed by atoms with Gasteiger partial charge in [-0.2, -0.15) is 85.1 Å². The first kappa shape index (κ1) is 51.7. The second kappa shape index (κ2) is 20.7. The van der Waals surface area contributed by atoms with Crippen molar-refractivity contribution in [2.24, 2.45) is 0 Å². The maximum atomic E-state index is 13.4. The van der Waals surface area contributed by atoms with Crippen molar-refractivity contribution in [2.75, 3.05) is 17.3 Å². The number of alkyl halides is 12. The van der Waals surface area contributed by atoms with Gasteiger partial charge in [0.05, 0.1) is 22.3 Å². The smallest absolute Gasteiger partial charge is 0.289 e. The normalized spacial score (nSPS) is 12.1. The molecule has 0 atom stereocenters. The first-order valence-corrected chi connectivity index (χ1v) is 21.9. The Balaban J connectivity index is 0.000000278. The van der Waals surface area contributed by atoms with E-state index in [1.807, 2.05) is 0 Å². The van der Waals surface area contributed by atoms with Gasteiger partial charge in [0.25, 0.3) is 0 Å². The molecule has 0 aliphatic rings. The number of carbonyl (C=O) groups is 2. The molecule has 0 aliphatic carbocycles. The van der Waals surface area contributed by atoms with Crippen molar-refractivity contribution in [2.45, 2.75) is 24.7 Å². The number of nitriles is 2. The van der Waals surface area contributed by atoms with Crippen molar-refractivity contribution in [3.8, 4) is 12.1 Å². The summed E-state index contributed by atoms with van der Waals surface area (Å²) < 4.78 is 173. The van der Waals surface area contributed by atoms with E-state index in [-0.39, 0.29) is 56.2 Å². The molecule has 0 fully saturated rings. The van der Waals surface area contributed by atoms with Crippen LogP contribution in [-0.4, -0.2) is 35.0 Å². The Bertz CT molecular complexity index is 2560. The molecule has 0 unspecified atom stereocenters. The Morgan fingerprint density at radius 3 is 0.912 bits per heavy atom. The van der Waals surface area contributed by atoms with Gasteiger partial charge in [0, 0.05) is 11.1 Å². The Morgan fingerprint density at radius 2 is 0.691 bits per heavy atom. The molecule has 0 bridgehead atoms. The van der Waals surface area contributed by atoms with Gasteiger partial charge < -0.3 is 0 Å². The van der Waals surface area contributed by atoms with Crippen LogP contribution >= 0.6 is 0 Å². The largest absolute Gasteiger partial charge is 0.416 e. The number of Topliss-reactive ketones (excluding diaryl/α,β-unsaturated/α-hetero) is 2. The van der Waals surface area contributed by atoms with Crippen LogP contribution < -0.4 is 21.9 Å². The number of benzene rings is 6. The fourth-order valence-corrected chi connectivity index (χ4v) is 9.51. The highest BCUT2D eigenvalue weighted by molar-refractivity contribution is 8.04. The third-order valence-electron chi connectivity index (χ3n) is 10.8. The summed E-state index contributed by atoms with van der Waals surface area (Å²) in [7, 11) is -2.98. The summed E-state index contributed by atoms with van der Waals surface area (Å²) in [5, 5.41) is 17.8. The Labute approximate surface area is 382 Å². The van der Waals surface area contributed by atoms with Crippen LogP contribution in [0.2, 0.25) is 0 Å². The first-order valence-electron chi connectivity index (χ1n) is 19.8. The quantitative estimate of drug-likeness (QED) is 0.0400. The van der Waals surface area contributed by atoms with Crippen LogP contribution in [0.3, 0.4) is 0 Å². The fraction of sp³-hybridized carbons (Fsp3) is 0.143. The first-order chi connectivity index (χ1) is 31.8. The van der Waals surface area contributed by atoms with Crippen molar-refractivity contribution < 1.29 is 66.5 Å². The molecular weight excluding hydrogens is 935 g/mol. The van der Waals surface area contributed by atoms with Gasteiger partial charge in [-0.1, -0.05) is 158 Å². The van der Waals surface area contributed by atoms with Crippen molar-refractivity contribution >= 4 is 49.5 Å². The summed E-state index contributed by atoms with van der Waals surface area (Å²) in [5.74, 6) is -1.51. The minimum Gasteiger partial charge on any atom is -0.289 e. The number of carbonyl (C=O) groups excluding carboxylic acids is 2. The van der Waals surface area contributed by atoms with Crippen LogP contribution in [0.25, 0.3) is 0 Å². The molecule has 6 aromatic rings. The van der Waals surface area contributed by atoms with Gasteiger partial charge in [-0.25, -0.2) is 0 Å². The second-order valence-electron chi connectivity index (χ2n) is 15.2. The lowest BCUT2D eigenvalue weighted by molar-refractivity contribution is -0.138. The summed E-state index contributed by atoms with van der Waals surface area (Å²) >= 11 is 0. The van der Waals surface area contributed by atoms with E-state index in [0.717, 1.165) is 48.5 Å². The van der Waals surface area contributed by atoms with Gasteiger partial charge in [-0.3, -0.25) is 9.59 Å². The minimum atomic E-state index is -4.77. The molecule has 0 heterocycles. The number of hydrogen-bond donors (Lipinski definition) is 0. The lowest BCUT2D eigenvalue weighted by atomic mass is 9.13. The summed E-state index contributed by atoms with van der Waals surface area (Å²) in [6.07, 6.45) is -20.8. The highest BCUT2D eigenvalue weighted by Gasteiger charge is 2.39. The summed E-state index contributed by atoms with van der Waals surface area (Å²) in [6, 6.07) is 33.8. The maximum absolute atomic E-state index is 13.4. The third-order valence-corrected chi connectivity index (χ3v) is 13.1. The highest BCUT2D eigenvalue weighted by atomic mass is 32.2. The maximum Gasteiger partial charge on any atom is 0.416 e. The van der Waals surface area contributed by atoms with Crippen LogP contribution in [0.5, 0.6) is 0 Å². The average Bonchev–Trinajstić information content (AvgIpc) is 3.30. The van der Waals surface area contributed by atoms with E-state index >= 15 is 0 Å². The number of halogens is 12. The molecule has 0 saturated heterocycles.